The second-order valence-corrected chi connectivity index (χ2v) is 3.66. The van der Waals surface area contributed by atoms with Gasteiger partial charge in [-0.2, -0.15) is 5.10 Å². The molecule has 1 aromatic carbocycles. The standard InChI is InChI=1S/C11H13FN4O/c1-13-5-4-10(17)14-11-8-6-7(12)2-3-9(8)15-16-11/h2-3,6,13H,4-5H2,1H3,(H2,14,15,16,17). The number of H-pyrrole nitrogens is 1. The van der Waals surface area contributed by atoms with Crippen LogP contribution in [-0.4, -0.2) is 29.7 Å². The van der Waals surface area contributed by atoms with Crippen molar-refractivity contribution in [3.8, 4) is 0 Å². The fourth-order valence-corrected chi connectivity index (χ4v) is 1.51. The molecule has 17 heavy (non-hydrogen) atoms. The van der Waals surface area contributed by atoms with Crippen molar-refractivity contribution in [2.75, 3.05) is 18.9 Å². The number of amides is 1. The van der Waals surface area contributed by atoms with Crippen LogP contribution in [-0.2, 0) is 4.79 Å². The molecule has 90 valence electrons. The summed E-state index contributed by atoms with van der Waals surface area (Å²) in [6.07, 6.45) is 0.347. The zero-order chi connectivity index (χ0) is 12.3. The largest absolute Gasteiger partial charge is 0.319 e. The smallest absolute Gasteiger partial charge is 0.226 e. The van der Waals surface area contributed by atoms with Crippen molar-refractivity contribution in [2.24, 2.45) is 0 Å². The minimum Gasteiger partial charge on any atom is -0.319 e. The molecule has 2 aromatic rings. The van der Waals surface area contributed by atoms with Crippen molar-refractivity contribution in [3.05, 3.63) is 24.0 Å². The maximum Gasteiger partial charge on any atom is 0.226 e. The molecule has 2 rings (SSSR count). The van der Waals surface area contributed by atoms with E-state index in [1.54, 1.807) is 13.1 Å². The normalized spacial score (nSPS) is 10.7. The maximum atomic E-state index is 13.1. The fraction of sp³-hybridized carbons (Fsp3) is 0.273. The Morgan fingerprint density at radius 2 is 2.35 bits per heavy atom. The number of benzene rings is 1. The Bertz CT molecular complexity index is 537. The second kappa shape index (κ2) is 4.92. The number of fused-ring (bicyclic) bond motifs is 1. The van der Waals surface area contributed by atoms with Gasteiger partial charge in [-0.15, -0.1) is 0 Å². The number of aromatic nitrogens is 2. The molecule has 0 spiro atoms. The predicted molar refractivity (Wildman–Crippen MR) is 63.2 cm³/mol. The fourth-order valence-electron chi connectivity index (χ4n) is 1.51. The van der Waals surface area contributed by atoms with E-state index in [0.29, 0.717) is 29.7 Å². The summed E-state index contributed by atoms with van der Waals surface area (Å²) in [6.45, 7) is 0.586. The number of halogens is 1. The third-order valence-electron chi connectivity index (χ3n) is 2.38. The first-order valence-corrected chi connectivity index (χ1v) is 5.29. The van der Waals surface area contributed by atoms with Crippen LogP contribution in [0.5, 0.6) is 0 Å². The van der Waals surface area contributed by atoms with Gasteiger partial charge in [0, 0.05) is 18.4 Å². The van der Waals surface area contributed by atoms with E-state index in [1.807, 2.05) is 0 Å². The van der Waals surface area contributed by atoms with Crippen molar-refractivity contribution in [2.45, 2.75) is 6.42 Å². The minimum atomic E-state index is -0.357. The van der Waals surface area contributed by atoms with E-state index in [0.717, 1.165) is 0 Å². The van der Waals surface area contributed by atoms with Crippen LogP contribution in [0.25, 0.3) is 10.9 Å². The van der Waals surface area contributed by atoms with Crippen molar-refractivity contribution in [3.63, 3.8) is 0 Å². The number of nitrogens with one attached hydrogen (secondary N) is 3. The molecule has 0 bridgehead atoms. The number of hydrogen-bond donors (Lipinski definition) is 3. The van der Waals surface area contributed by atoms with Gasteiger partial charge in [-0.05, 0) is 25.2 Å². The number of aromatic amines is 1. The number of anilines is 1. The van der Waals surface area contributed by atoms with Crippen LogP contribution in [0.2, 0.25) is 0 Å². The lowest BCUT2D eigenvalue weighted by Gasteiger charge is -2.01. The molecule has 6 heteroatoms. The van der Waals surface area contributed by atoms with Crippen LogP contribution in [0.1, 0.15) is 6.42 Å². The van der Waals surface area contributed by atoms with Gasteiger partial charge in [0.1, 0.15) is 5.82 Å². The van der Waals surface area contributed by atoms with E-state index in [9.17, 15) is 9.18 Å². The monoisotopic (exact) mass is 236 g/mol. The highest BCUT2D eigenvalue weighted by Gasteiger charge is 2.09. The highest BCUT2D eigenvalue weighted by Crippen LogP contribution is 2.21. The molecule has 0 unspecified atom stereocenters. The summed E-state index contributed by atoms with van der Waals surface area (Å²) in [5.74, 6) is -0.151. The molecule has 0 saturated carbocycles. The molecule has 5 nitrogen and oxygen atoms in total. The first kappa shape index (κ1) is 11.5. The van der Waals surface area contributed by atoms with Crippen LogP contribution < -0.4 is 10.6 Å². The summed E-state index contributed by atoms with van der Waals surface area (Å²) in [5.41, 5.74) is 0.690. The van der Waals surface area contributed by atoms with Gasteiger partial charge in [-0.1, -0.05) is 0 Å². The lowest BCUT2D eigenvalue weighted by molar-refractivity contribution is -0.116. The highest BCUT2D eigenvalue weighted by atomic mass is 19.1. The highest BCUT2D eigenvalue weighted by molar-refractivity contribution is 5.99. The van der Waals surface area contributed by atoms with Crippen LogP contribution >= 0.6 is 0 Å². The third-order valence-corrected chi connectivity index (χ3v) is 2.38. The Morgan fingerprint density at radius 3 is 3.12 bits per heavy atom. The van der Waals surface area contributed by atoms with E-state index in [1.165, 1.54) is 12.1 Å². The number of rotatable bonds is 4. The average Bonchev–Trinajstić information content (AvgIpc) is 2.69. The molecule has 0 atom stereocenters. The van der Waals surface area contributed by atoms with Crippen molar-refractivity contribution in [1.82, 2.24) is 15.5 Å². The Morgan fingerprint density at radius 1 is 1.53 bits per heavy atom. The molecule has 3 N–H and O–H groups in total. The first-order valence-electron chi connectivity index (χ1n) is 5.29. The summed E-state index contributed by atoms with van der Waals surface area (Å²) in [7, 11) is 1.77. The molecule has 0 aliphatic rings. The van der Waals surface area contributed by atoms with Gasteiger partial charge in [0.05, 0.1) is 5.52 Å². The summed E-state index contributed by atoms with van der Waals surface area (Å²) in [5, 5.41) is 12.8. The molecule has 0 aliphatic carbocycles. The van der Waals surface area contributed by atoms with Gasteiger partial charge in [-0.3, -0.25) is 9.89 Å². The molecule has 0 aliphatic heterocycles. The maximum absolute atomic E-state index is 13.1. The Labute approximate surface area is 97.4 Å². The van der Waals surface area contributed by atoms with E-state index in [4.69, 9.17) is 0 Å². The van der Waals surface area contributed by atoms with E-state index in [2.05, 4.69) is 20.8 Å². The number of carbonyl (C=O) groups is 1. The molecule has 1 heterocycles. The lowest BCUT2D eigenvalue weighted by Crippen LogP contribution is -2.18. The molecular weight excluding hydrogens is 223 g/mol. The summed E-state index contributed by atoms with van der Waals surface area (Å²) < 4.78 is 13.1. The molecule has 0 saturated heterocycles. The molecular formula is C11H13FN4O. The molecule has 0 fully saturated rings. The molecule has 1 aromatic heterocycles. The Kier molecular flexibility index (Phi) is 3.34. The molecule has 1 amide bonds. The summed E-state index contributed by atoms with van der Waals surface area (Å²) in [4.78, 5) is 11.5. The van der Waals surface area contributed by atoms with Gasteiger partial charge < -0.3 is 10.6 Å². The number of hydrogen-bond acceptors (Lipinski definition) is 3. The van der Waals surface area contributed by atoms with E-state index < -0.39 is 0 Å². The van der Waals surface area contributed by atoms with Gasteiger partial charge >= 0.3 is 0 Å². The van der Waals surface area contributed by atoms with Gasteiger partial charge in [0.2, 0.25) is 5.91 Å². The zero-order valence-corrected chi connectivity index (χ0v) is 9.38. The van der Waals surface area contributed by atoms with E-state index in [-0.39, 0.29) is 11.7 Å². The predicted octanol–water partition coefficient (Wildman–Crippen LogP) is 1.25. The molecule has 0 radical (unpaired) electrons. The third kappa shape index (κ3) is 2.59. The number of nitrogens with zero attached hydrogens (tertiary/aromatic N) is 1. The van der Waals surface area contributed by atoms with Gasteiger partial charge in [0.25, 0.3) is 0 Å². The Hall–Kier alpha value is -1.95. The lowest BCUT2D eigenvalue weighted by atomic mass is 10.2. The average molecular weight is 236 g/mol. The topological polar surface area (TPSA) is 69.8 Å². The van der Waals surface area contributed by atoms with Gasteiger partial charge in [-0.25, -0.2) is 4.39 Å². The first-order chi connectivity index (χ1) is 8.20. The SMILES string of the molecule is CNCCC(=O)Nc1n[nH]c2ccc(F)cc12. The second-order valence-electron chi connectivity index (χ2n) is 3.66. The van der Waals surface area contributed by atoms with E-state index >= 15 is 0 Å². The minimum absolute atomic E-state index is 0.156. The quantitative estimate of drug-likeness (QED) is 0.748. The zero-order valence-electron chi connectivity index (χ0n) is 9.38. The summed E-state index contributed by atoms with van der Waals surface area (Å²) >= 11 is 0. The van der Waals surface area contributed by atoms with Crippen LogP contribution in [0.4, 0.5) is 10.2 Å². The van der Waals surface area contributed by atoms with Crippen LogP contribution in [0.3, 0.4) is 0 Å². The van der Waals surface area contributed by atoms with Gasteiger partial charge in [0.15, 0.2) is 5.82 Å². The number of carbonyl (C=O) groups excluding carboxylic acids is 1. The van der Waals surface area contributed by atoms with Crippen molar-refractivity contribution >= 4 is 22.6 Å². The van der Waals surface area contributed by atoms with Crippen LogP contribution in [0, 0.1) is 5.82 Å². The summed E-state index contributed by atoms with van der Waals surface area (Å²) in [6, 6.07) is 4.26. The Balaban J connectivity index is 2.18. The van der Waals surface area contributed by atoms with Crippen molar-refractivity contribution < 1.29 is 9.18 Å². The van der Waals surface area contributed by atoms with Crippen LogP contribution in [0.15, 0.2) is 18.2 Å². The van der Waals surface area contributed by atoms with Crippen molar-refractivity contribution in [1.29, 1.82) is 0 Å².